The fourth-order valence-electron chi connectivity index (χ4n) is 0. The van der Waals surface area contributed by atoms with Crippen LogP contribution in [0.1, 0.15) is 0 Å². The van der Waals surface area contributed by atoms with E-state index in [2.05, 4.69) is 38.5 Å². The van der Waals surface area contributed by atoms with Crippen molar-refractivity contribution in [1.82, 2.24) is 0 Å². The van der Waals surface area contributed by atoms with Crippen LogP contribution in [0, 0.1) is 0 Å². The molecule has 0 aliphatic heterocycles. The molecular weight excluding hydrogens is 231 g/mol. The Kier molecular flexibility index (Phi) is 5.48. The van der Waals surface area contributed by atoms with Gasteiger partial charge in [-0.05, 0) is 0 Å². The fraction of sp³-hybridized carbons (Fsp3) is 1.00. The first-order valence-corrected chi connectivity index (χ1v) is 3.68. The first kappa shape index (κ1) is 5.21. The zero-order valence-corrected chi connectivity index (χ0v) is 5.91. The molecule has 4 heavy (non-hydrogen) atoms. The zero-order valence-electron chi connectivity index (χ0n) is 2.17. The Morgan fingerprint density at radius 3 is 2.00 bits per heavy atom. The first-order valence-electron chi connectivity index (χ1n) is 1.03. The third kappa shape index (κ3) is 3.21. The van der Waals surface area contributed by atoms with Crippen molar-refractivity contribution in [3.05, 3.63) is 0 Å². The molecule has 0 heterocycles. The molecule has 0 aliphatic carbocycles. The van der Waals surface area contributed by atoms with Gasteiger partial charge in [-0.25, -0.2) is 0 Å². The molecule has 26 valence electrons. The molecule has 0 radical (unpaired) electrons. The number of alkyl halides is 2. The molecule has 2 heteroatoms. The van der Waals surface area contributed by atoms with Gasteiger partial charge in [0.2, 0.25) is 0 Å². The molecule has 0 saturated heterocycles. The van der Waals surface area contributed by atoms with E-state index in [0.29, 0.717) is 0 Å². The minimum Gasteiger partial charge on any atom is -0.0920 e. The fourth-order valence-corrected chi connectivity index (χ4v) is 0. The van der Waals surface area contributed by atoms with Gasteiger partial charge in [-0.2, -0.15) is 0 Å². The standard InChI is InChI=1S/C2H4BrI/c3-1-2-4/h1-2H2. The number of hydrogen-bond donors (Lipinski definition) is 0. The van der Waals surface area contributed by atoms with Gasteiger partial charge in [-0.1, -0.05) is 38.5 Å². The van der Waals surface area contributed by atoms with Crippen LogP contribution in [0.3, 0.4) is 0 Å². The molecule has 0 unspecified atom stereocenters. The van der Waals surface area contributed by atoms with Gasteiger partial charge in [0, 0.05) is 9.76 Å². The van der Waals surface area contributed by atoms with Gasteiger partial charge in [0.05, 0.1) is 0 Å². The van der Waals surface area contributed by atoms with E-state index in [-0.39, 0.29) is 0 Å². The Hall–Kier alpha value is 1.21. The lowest BCUT2D eigenvalue weighted by molar-refractivity contribution is 1.64. The summed E-state index contributed by atoms with van der Waals surface area (Å²) < 4.78 is 1.21. The van der Waals surface area contributed by atoms with Crippen LogP contribution < -0.4 is 0 Å². The van der Waals surface area contributed by atoms with Crippen molar-refractivity contribution in [1.29, 1.82) is 0 Å². The Balaban J connectivity index is 1.97. The van der Waals surface area contributed by atoms with Gasteiger partial charge in [-0.3, -0.25) is 0 Å². The summed E-state index contributed by atoms with van der Waals surface area (Å²) in [5.41, 5.74) is 0. The maximum absolute atomic E-state index is 3.24. The molecule has 0 spiro atoms. The molecule has 0 bridgehead atoms. The molecule has 0 rings (SSSR count). The van der Waals surface area contributed by atoms with Crippen molar-refractivity contribution in [2.75, 3.05) is 9.76 Å². The molecule has 0 aromatic heterocycles. The second-order valence-electron chi connectivity index (χ2n) is 0.378. The summed E-state index contributed by atoms with van der Waals surface area (Å²) in [5, 5.41) is 1.12. The van der Waals surface area contributed by atoms with Crippen molar-refractivity contribution >= 4 is 38.5 Å². The van der Waals surface area contributed by atoms with Crippen molar-refractivity contribution in [2.45, 2.75) is 0 Å². The molecular formula is C2H4BrI. The van der Waals surface area contributed by atoms with E-state index in [9.17, 15) is 0 Å². The molecule has 0 fully saturated rings. The molecule has 0 aromatic rings. The lowest BCUT2D eigenvalue weighted by Gasteiger charge is -1.64. The highest BCUT2D eigenvalue weighted by molar-refractivity contribution is 14.1. The van der Waals surface area contributed by atoms with Gasteiger partial charge in [-0.15, -0.1) is 0 Å². The maximum atomic E-state index is 3.24. The van der Waals surface area contributed by atoms with Gasteiger partial charge in [0.25, 0.3) is 0 Å². The van der Waals surface area contributed by atoms with Crippen LogP contribution in [0.2, 0.25) is 0 Å². The Bertz CT molecular complexity index is 8.00. The minimum absolute atomic E-state index is 1.12. The number of rotatable bonds is 1. The van der Waals surface area contributed by atoms with Gasteiger partial charge in [0.15, 0.2) is 0 Å². The summed E-state index contributed by atoms with van der Waals surface area (Å²) in [6, 6.07) is 0. The lowest BCUT2D eigenvalue weighted by atomic mass is 11.0. The summed E-state index contributed by atoms with van der Waals surface area (Å²) in [7, 11) is 0. The predicted molar refractivity (Wildman–Crippen MR) is 32.7 cm³/mol. The monoisotopic (exact) mass is 234 g/mol. The molecule has 0 saturated carbocycles. The summed E-state index contributed by atoms with van der Waals surface area (Å²) in [6.45, 7) is 0. The van der Waals surface area contributed by atoms with E-state index >= 15 is 0 Å². The highest BCUT2D eigenvalue weighted by Gasteiger charge is 1.60. The number of hydrogen-bond acceptors (Lipinski definition) is 0. The Morgan fingerprint density at radius 2 is 2.00 bits per heavy atom. The van der Waals surface area contributed by atoms with Crippen LogP contribution in [0.5, 0.6) is 0 Å². The van der Waals surface area contributed by atoms with Gasteiger partial charge in [0.1, 0.15) is 0 Å². The quantitative estimate of drug-likeness (QED) is 0.480. The topological polar surface area (TPSA) is 0 Å². The summed E-state index contributed by atoms with van der Waals surface area (Å²) in [5.74, 6) is 0. The van der Waals surface area contributed by atoms with E-state index in [1.54, 1.807) is 0 Å². The molecule has 0 atom stereocenters. The second kappa shape index (κ2) is 4.21. The third-order valence-electron chi connectivity index (χ3n) is 0.0714. The maximum Gasteiger partial charge on any atom is 0.0121 e. The first-order chi connectivity index (χ1) is 1.91. The molecule has 0 N–H and O–H groups in total. The molecule has 0 nitrogen and oxygen atoms in total. The normalized spacial score (nSPS) is 7.50. The molecule has 0 amide bonds. The van der Waals surface area contributed by atoms with E-state index in [1.165, 1.54) is 4.43 Å². The van der Waals surface area contributed by atoms with Crippen LogP contribution >= 0.6 is 38.5 Å². The van der Waals surface area contributed by atoms with E-state index < -0.39 is 0 Å². The second-order valence-corrected chi connectivity index (χ2v) is 2.25. The van der Waals surface area contributed by atoms with Crippen LogP contribution in [-0.2, 0) is 0 Å². The van der Waals surface area contributed by atoms with Crippen molar-refractivity contribution in [3.8, 4) is 0 Å². The number of halogens is 2. The van der Waals surface area contributed by atoms with E-state index in [0.717, 1.165) is 5.33 Å². The van der Waals surface area contributed by atoms with Crippen LogP contribution in [0.25, 0.3) is 0 Å². The third-order valence-corrected chi connectivity index (χ3v) is 2.49. The minimum atomic E-state index is 1.12. The summed E-state index contributed by atoms with van der Waals surface area (Å²) in [6.07, 6.45) is 0. The smallest absolute Gasteiger partial charge is 0.0121 e. The van der Waals surface area contributed by atoms with E-state index in [4.69, 9.17) is 0 Å². The van der Waals surface area contributed by atoms with Gasteiger partial charge < -0.3 is 0 Å². The highest BCUT2D eigenvalue weighted by Crippen LogP contribution is 1.83. The predicted octanol–water partition coefficient (Wildman–Crippen LogP) is 1.82. The van der Waals surface area contributed by atoms with Crippen LogP contribution in [-0.4, -0.2) is 9.76 Å². The summed E-state index contributed by atoms with van der Waals surface area (Å²) in [4.78, 5) is 0. The van der Waals surface area contributed by atoms with Gasteiger partial charge >= 0.3 is 0 Å². The lowest BCUT2D eigenvalue weighted by Crippen LogP contribution is -1.61. The zero-order chi connectivity index (χ0) is 3.41. The average Bonchev–Trinajstić information content (AvgIpc) is 1.37. The van der Waals surface area contributed by atoms with Crippen molar-refractivity contribution in [2.24, 2.45) is 0 Å². The van der Waals surface area contributed by atoms with Crippen LogP contribution in [0.4, 0.5) is 0 Å². The van der Waals surface area contributed by atoms with Crippen LogP contribution in [0.15, 0.2) is 0 Å². The molecule has 0 aliphatic rings. The highest BCUT2D eigenvalue weighted by atomic mass is 127. The summed E-state index contributed by atoms with van der Waals surface area (Å²) >= 11 is 5.55. The SMILES string of the molecule is BrCCI. The average molecular weight is 235 g/mol. The Labute approximate surface area is 48.2 Å². The van der Waals surface area contributed by atoms with Crippen molar-refractivity contribution in [3.63, 3.8) is 0 Å². The Morgan fingerprint density at radius 1 is 1.75 bits per heavy atom. The van der Waals surface area contributed by atoms with E-state index in [1.807, 2.05) is 0 Å². The molecule has 0 aromatic carbocycles. The van der Waals surface area contributed by atoms with Crippen molar-refractivity contribution < 1.29 is 0 Å². The largest absolute Gasteiger partial charge is 0.0920 e.